The summed E-state index contributed by atoms with van der Waals surface area (Å²) in [6.45, 7) is 0. The molecule has 0 saturated carbocycles. The molecule has 11 aromatic carbocycles. The second-order valence-corrected chi connectivity index (χ2v) is 15.6. The fourth-order valence-electron chi connectivity index (χ4n) is 9.36. The molecule has 0 aliphatic carbocycles. The van der Waals surface area contributed by atoms with Gasteiger partial charge in [0.2, 0.25) is 0 Å². The summed E-state index contributed by atoms with van der Waals surface area (Å²) in [5, 5.41) is 12.2. The largest absolute Gasteiger partial charge is 0.456 e. The van der Waals surface area contributed by atoms with Gasteiger partial charge in [0.15, 0.2) is 0 Å². The van der Waals surface area contributed by atoms with Gasteiger partial charge < -0.3 is 9.32 Å². The summed E-state index contributed by atoms with van der Waals surface area (Å²) in [4.78, 5) is 2.45. The zero-order valence-electron chi connectivity index (χ0n) is 32.7. The zero-order valence-corrected chi connectivity index (χ0v) is 32.7. The van der Waals surface area contributed by atoms with Crippen LogP contribution in [-0.2, 0) is 0 Å². The fraction of sp³-hybridized carbons (Fsp3) is 0. The minimum atomic E-state index is 0.860. The van der Waals surface area contributed by atoms with E-state index in [-0.39, 0.29) is 0 Å². The van der Waals surface area contributed by atoms with Crippen LogP contribution in [0.4, 0.5) is 17.1 Å². The van der Waals surface area contributed by atoms with Gasteiger partial charge >= 0.3 is 0 Å². The second kappa shape index (κ2) is 13.9. The van der Waals surface area contributed by atoms with Gasteiger partial charge in [-0.2, -0.15) is 0 Å². The molecule has 60 heavy (non-hydrogen) atoms. The summed E-state index contributed by atoms with van der Waals surface area (Å²) in [5.41, 5.74) is 11.9. The van der Waals surface area contributed by atoms with Gasteiger partial charge in [-0.05, 0) is 108 Å². The lowest BCUT2D eigenvalue weighted by molar-refractivity contribution is 0.669. The molecule has 12 aromatic rings. The van der Waals surface area contributed by atoms with E-state index in [0.29, 0.717) is 0 Å². The van der Waals surface area contributed by atoms with Crippen molar-refractivity contribution in [2.45, 2.75) is 0 Å². The van der Waals surface area contributed by atoms with Crippen molar-refractivity contribution >= 4 is 82.1 Å². The molecule has 0 bridgehead atoms. The number of anilines is 3. The normalized spacial score (nSPS) is 11.7. The quantitative estimate of drug-likeness (QED) is 0.157. The highest BCUT2D eigenvalue weighted by Gasteiger charge is 2.24. The maximum absolute atomic E-state index is 6.51. The van der Waals surface area contributed by atoms with Crippen LogP contribution in [0.3, 0.4) is 0 Å². The maximum Gasteiger partial charge on any atom is 0.137 e. The van der Waals surface area contributed by atoms with Gasteiger partial charge in [0.1, 0.15) is 11.2 Å². The van der Waals surface area contributed by atoms with Crippen LogP contribution >= 0.6 is 0 Å². The first-order valence-electron chi connectivity index (χ1n) is 20.6. The zero-order chi connectivity index (χ0) is 39.6. The summed E-state index contributed by atoms with van der Waals surface area (Å²) in [6, 6.07) is 81.4. The highest BCUT2D eigenvalue weighted by molar-refractivity contribution is 6.15. The number of hydrogen-bond donors (Lipinski definition) is 0. The van der Waals surface area contributed by atoms with E-state index in [4.69, 9.17) is 4.42 Å². The van der Waals surface area contributed by atoms with Crippen LogP contribution in [0, 0.1) is 0 Å². The molecule has 280 valence electrons. The molecule has 0 saturated heterocycles. The summed E-state index contributed by atoms with van der Waals surface area (Å²) >= 11 is 0. The average molecular weight is 764 g/mol. The number of benzene rings is 11. The van der Waals surface area contributed by atoms with Crippen LogP contribution in [0.1, 0.15) is 0 Å². The molecule has 0 unspecified atom stereocenters. The Morgan fingerprint density at radius 1 is 0.267 bits per heavy atom. The van der Waals surface area contributed by atoms with Crippen LogP contribution in [0.2, 0.25) is 0 Å². The van der Waals surface area contributed by atoms with E-state index >= 15 is 0 Å². The Hall–Kier alpha value is -7.94. The summed E-state index contributed by atoms with van der Waals surface area (Å²) in [5.74, 6) is 0. The molecule has 0 aliphatic rings. The second-order valence-electron chi connectivity index (χ2n) is 15.6. The van der Waals surface area contributed by atoms with Crippen LogP contribution in [-0.4, -0.2) is 0 Å². The van der Waals surface area contributed by atoms with Crippen molar-refractivity contribution in [1.82, 2.24) is 0 Å². The van der Waals surface area contributed by atoms with Gasteiger partial charge in [-0.3, -0.25) is 0 Å². The third kappa shape index (κ3) is 5.57. The van der Waals surface area contributed by atoms with Crippen LogP contribution in [0.25, 0.3) is 98.4 Å². The number of furan rings is 1. The van der Waals surface area contributed by atoms with Gasteiger partial charge in [0.25, 0.3) is 0 Å². The van der Waals surface area contributed by atoms with Crippen molar-refractivity contribution in [2.75, 3.05) is 4.90 Å². The van der Waals surface area contributed by atoms with E-state index < -0.39 is 0 Å². The summed E-state index contributed by atoms with van der Waals surface area (Å²) in [7, 11) is 0. The molecule has 12 rings (SSSR count). The van der Waals surface area contributed by atoms with Crippen molar-refractivity contribution in [3.8, 4) is 33.4 Å². The first-order chi connectivity index (χ1) is 29.7. The lowest BCUT2D eigenvalue weighted by atomic mass is 9.94. The van der Waals surface area contributed by atoms with Crippen molar-refractivity contribution in [3.63, 3.8) is 0 Å². The first kappa shape index (κ1) is 34.1. The lowest BCUT2D eigenvalue weighted by Crippen LogP contribution is -2.12. The molecule has 1 aromatic heterocycles. The average Bonchev–Trinajstić information content (AvgIpc) is 3.71. The van der Waals surface area contributed by atoms with Gasteiger partial charge in [0, 0.05) is 16.5 Å². The van der Waals surface area contributed by atoms with Gasteiger partial charge in [0.05, 0.1) is 22.4 Å². The van der Waals surface area contributed by atoms with E-state index in [1.807, 2.05) is 6.07 Å². The monoisotopic (exact) mass is 763 g/mol. The van der Waals surface area contributed by atoms with E-state index in [0.717, 1.165) is 61.3 Å². The van der Waals surface area contributed by atoms with E-state index in [1.54, 1.807) is 0 Å². The minimum Gasteiger partial charge on any atom is -0.456 e. The molecule has 2 heteroatoms. The number of para-hydroxylation sites is 3. The van der Waals surface area contributed by atoms with E-state index in [9.17, 15) is 0 Å². The topological polar surface area (TPSA) is 16.4 Å². The first-order valence-corrected chi connectivity index (χ1v) is 20.6. The Kier molecular flexibility index (Phi) is 7.89. The standard InChI is InChI=1S/C58H37NO/c1-3-14-46-39(12-1)31-33-44-36-45(34-35-48(44)46)50-17-6-9-20-54(50)59(55-21-11-23-57-58(55)51-18-7-10-22-56(51)60-57)53-19-8-5-16-49(53)41-26-24-38(25-27-41)43-32-30-42-29-28-40-13-2-4-15-47(40)52(42)37-43/h1-37H. The molecule has 0 atom stereocenters. The molecule has 2 nitrogen and oxygen atoms in total. The molecule has 0 fully saturated rings. The number of nitrogens with zero attached hydrogens (tertiary/aromatic N) is 1. The van der Waals surface area contributed by atoms with Crippen molar-refractivity contribution in [2.24, 2.45) is 0 Å². The Bertz CT molecular complexity index is 3610. The van der Waals surface area contributed by atoms with Crippen molar-refractivity contribution in [3.05, 3.63) is 224 Å². The van der Waals surface area contributed by atoms with E-state index in [2.05, 4.69) is 223 Å². The summed E-state index contributed by atoms with van der Waals surface area (Å²) < 4.78 is 6.51. The summed E-state index contributed by atoms with van der Waals surface area (Å²) in [6.07, 6.45) is 0. The number of fused-ring (bicyclic) bond motifs is 9. The predicted molar refractivity (Wildman–Crippen MR) is 255 cm³/mol. The van der Waals surface area contributed by atoms with Crippen molar-refractivity contribution < 1.29 is 4.42 Å². The number of hydrogen-bond acceptors (Lipinski definition) is 2. The lowest BCUT2D eigenvalue weighted by Gasteiger charge is -2.30. The van der Waals surface area contributed by atoms with Crippen LogP contribution < -0.4 is 4.90 Å². The molecule has 0 N–H and O–H groups in total. The Morgan fingerprint density at radius 3 is 1.50 bits per heavy atom. The molecule has 0 amide bonds. The highest BCUT2D eigenvalue weighted by atomic mass is 16.3. The van der Waals surface area contributed by atoms with Crippen LogP contribution in [0.15, 0.2) is 229 Å². The SMILES string of the molecule is c1ccc(N(c2ccccc2-c2ccc3c(ccc4ccccc43)c2)c2cccc3oc4ccccc4c23)c(-c2ccc(-c3ccc4ccc5ccccc5c4c3)cc2)c1. The molecule has 0 aliphatic heterocycles. The van der Waals surface area contributed by atoms with Crippen LogP contribution in [0.5, 0.6) is 0 Å². The molecule has 0 radical (unpaired) electrons. The molecular formula is C58H37NO. The maximum atomic E-state index is 6.51. The van der Waals surface area contributed by atoms with Gasteiger partial charge in [-0.15, -0.1) is 0 Å². The molecule has 0 spiro atoms. The molecule has 1 heterocycles. The Balaban J connectivity index is 1.04. The van der Waals surface area contributed by atoms with Gasteiger partial charge in [-0.25, -0.2) is 0 Å². The van der Waals surface area contributed by atoms with Crippen molar-refractivity contribution in [1.29, 1.82) is 0 Å². The van der Waals surface area contributed by atoms with Gasteiger partial charge in [-0.1, -0.05) is 182 Å². The minimum absolute atomic E-state index is 0.860. The highest BCUT2D eigenvalue weighted by Crippen LogP contribution is 2.49. The Morgan fingerprint density at radius 2 is 0.750 bits per heavy atom. The third-order valence-electron chi connectivity index (χ3n) is 12.2. The van der Waals surface area contributed by atoms with E-state index in [1.165, 1.54) is 54.2 Å². The number of rotatable bonds is 6. The third-order valence-corrected chi connectivity index (χ3v) is 12.2. The fourth-order valence-corrected chi connectivity index (χ4v) is 9.36. The predicted octanol–water partition coefficient (Wildman–Crippen LogP) is 16.7. The Labute approximate surface area is 347 Å². The smallest absolute Gasteiger partial charge is 0.137 e. The molecular weight excluding hydrogens is 727 g/mol.